The predicted octanol–water partition coefficient (Wildman–Crippen LogP) is -0.258. The number of non-ortho nitro benzene ring substituents is 1. The van der Waals surface area contributed by atoms with Gasteiger partial charge in [0.15, 0.2) is 5.82 Å². The highest BCUT2D eigenvalue weighted by Gasteiger charge is 2.21. The Morgan fingerprint density at radius 3 is 2.76 bits per heavy atom. The van der Waals surface area contributed by atoms with Gasteiger partial charge in [-0.3, -0.25) is 16.0 Å². The van der Waals surface area contributed by atoms with E-state index in [4.69, 9.17) is 5.84 Å². The fourth-order valence-electron chi connectivity index (χ4n) is 1.49. The van der Waals surface area contributed by atoms with Crippen molar-refractivity contribution in [3.63, 3.8) is 0 Å². The summed E-state index contributed by atoms with van der Waals surface area (Å²) in [5, 5.41) is 14.1. The van der Waals surface area contributed by atoms with Gasteiger partial charge in [0.2, 0.25) is 16.4 Å². The third-order valence-corrected chi connectivity index (χ3v) is 3.91. The number of hydrogen-bond donors (Lipinski definition) is 3. The van der Waals surface area contributed by atoms with Crippen LogP contribution in [0.4, 0.5) is 11.4 Å². The van der Waals surface area contributed by atoms with Crippen LogP contribution < -0.4 is 16.0 Å². The van der Waals surface area contributed by atoms with Gasteiger partial charge in [-0.1, -0.05) is 5.16 Å². The SMILES string of the molecule is NNc1cc([N+](=O)[O-])ccc1S(=O)(=O)NCc1ncon1. The van der Waals surface area contributed by atoms with Gasteiger partial charge in [0, 0.05) is 12.1 Å². The molecule has 0 spiro atoms. The maximum atomic E-state index is 12.1. The first-order chi connectivity index (χ1) is 9.94. The van der Waals surface area contributed by atoms with Crippen LogP contribution in [0.15, 0.2) is 34.0 Å². The number of nitrogens with two attached hydrogens (primary N) is 1. The number of nitro groups is 1. The Hall–Kier alpha value is -2.57. The molecule has 0 saturated heterocycles. The lowest BCUT2D eigenvalue weighted by atomic mass is 10.3. The average Bonchev–Trinajstić information content (AvgIpc) is 2.97. The van der Waals surface area contributed by atoms with E-state index in [9.17, 15) is 18.5 Å². The van der Waals surface area contributed by atoms with Crippen molar-refractivity contribution >= 4 is 21.4 Å². The second-order valence-corrected chi connectivity index (χ2v) is 5.49. The van der Waals surface area contributed by atoms with Crippen molar-refractivity contribution < 1.29 is 17.9 Å². The first-order valence-corrected chi connectivity index (χ1v) is 6.92. The Balaban J connectivity index is 2.28. The molecule has 11 nitrogen and oxygen atoms in total. The topological polar surface area (TPSA) is 166 Å². The molecule has 2 aromatic rings. The highest BCUT2D eigenvalue weighted by Crippen LogP contribution is 2.25. The van der Waals surface area contributed by atoms with Gasteiger partial charge >= 0.3 is 0 Å². The smallest absolute Gasteiger partial charge is 0.271 e. The maximum absolute atomic E-state index is 12.1. The normalized spacial score (nSPS) is 11.3. The van der Waals surface area contributed by atoms with Gasteiger partial charge in [-0.05, 0) is 6.07 Å². The van der Waals surface area contributed by atoms with E-state index >= 15 is 0 Å². The van der Waals surface area contributed by atoms with E-state index in [1.54, 1.807) is 0 Å². The molecule has 0 aliphatic rings. The number of nitro benzene ring substituents is 1. The molecule has 0 bridgehead atoms. The molecule has 12 heteroatoms. The highest BCUT2D eigenvalue weighted by molar-refractivity contribution is 7.89. The number of rotatable bonds is 6. The summed E-state index contributed by atoms with van der Waals surface area (Å²) >= 11 is 0. The van der Waals surface area contributed by atoms with E-state index in [1.165, 1.54) is 0 Å². The zero-order chi connectivity index (χ0) is 15.5. The van der Waals surface area contributed by atoms with Gasteiger partial charge in [0.1, 0.15) is 4.90 Å². The third kappa shape index (κ3) is 3.31. The summed E-state index contributed by atoms with van der Waals surface area (Å²) in [5.41, 5.74) is 1.72. The van der Waals surface area contributed by atoms with Crippen LogP contribution in [0.3, 0.4) is 0 Å². The lowest BCUT2D eigenvalue weighted by Crippen LogP contribution is -2.25. The third-order valence-electron chi connectivity index (χ3n) is 2.45. The van der Waals surface area contributed by atoms with Crippen LogP contribution in [0.25, 0.3) is 0 Å². The lowest BCUT2D eigenvalue weighted by molar-refractivity contribution is -0.384. The minimum Gasteiger partial charge on any atom is -0.343 e. The van der Waals surface area contributed by atoms with E-state index in [2.05, 4.69) is 24.8 Å². The zero-order valence-corrected chi connectivity index (χ0v) is 11.2. The van der Waals surface area contributed by atoms with Crippen LogP contribution in [-0.4, -0.2) is 23.5 Å². The Labute approximate surface area is 118 Å². The summed E-state index contributed by atoms with van der Waals surface area (Å²) in [4.78, 5) is 13.4. The van der Waals surface area contributed by atoms with Crippen molar-refractivity contribution in [2.45, 2.75) is 11.4 Å². The van der Waals surface area contributed by atoms with Crippen LogP contribution in [0, 0.1) is 10.1 Å². The minimum atomic E-state index is -3.96. The van der Waals surface area contributed by atoms with Gasteiger partial charge in [0.25, 0.3) is 5.69 Å². The number of nitrogens with zero attached hydrogens (tertiary/aromatic N) is 3. The Kier molecular flexibility index (Phi) is 4.11. The molecule has 112 valence electrons. The second-order valence-electron chi connectivity index (χ2n) is 3.75. The number of benzene rings is 1. The Bertz CT molecular complexity index is 744. The molecule has 0 saturated carbocycles. The van der Waals surface area contributed by atoms with Crippen LogP contribution in [0.1, 0.15) is 5.82 Å². The molecule has 0 amide bonds. The predicted molar refractivity (Wildman–Crippen MR) is 69.2 cm³/mol. The largest absolute Gasteiger partial charge is 0.343 e. The molecular weight excluding hydrogens is 304 g/mol. The van der Waals surface area contributed by atoms with Crippen LogP contribution in [-0.2, 0) is 16.6 Å². The first kappa shape index (κ1) is 14.8. The molecule has 1 heterocycles. The standard InChI is InChI=1S/C9H10N6O5S/c10-13-7-3-6(15(16)17)1-2-8(7)21(18,19)12-4-9-11-5-20-14-9/h1-3,5,12-13H,4,10H2. The van der Waals surface area contributed by atoms with Crippen LogP contribution in [0.2, 0.25) is 0 Å². The fraction of sp³-hybridized carbons (Fsp3) is 0.111. The molecule has 0 radical (unpaired) electrons. The van der Waals surface area contributed by atoms with Crippen LogP contribution >= 0.6 is 0 Å². The van der Waals surface area contributed by atoms with Crippen molar-refractivity contribution in [2.75, 3.05) is 5.43 Å². The van der Waals surface area contributed by atoms with Crippen molar-refractivity contribution in [2.24, 2.45) is 5.84 Å². The molecule has 0 atom stereocenters. The van der Waals surface area contributed by atoms with Crippen molar-refractivity contribution in [3.05, 3.63) is 40.5 Å². The Morgan fingerprint density at radius 1 is 1.43 bits per heavy atom. The number of nitrogens with one attached hydrogen (secondary N) is 2. The quantitative estimate of drug-likeness (QED) is 0.369. The average molecular weight is 314 g/mol. The molecule has 2 rings (SSSR count). The first-order valence-electron chi connectivity index (χ1n) is 5.44. The number of anilines is 1. The van der Waals surface area contributed by atoms with Gasteiger partial charge < -0.3 is 9.95 Å². The minimum absolute atomic E-state index is 0.107. The summed E-state index contributed by atoms with van der Waals surface area (Å²) in [6, 6.07) is 3.15. The van der Waals surface area contributed by atoms with Crippen molar-refractivity contribution in [1.29, 1.82) is 0 Å². The number of hydrogen-bond acceptors (Lipinski definition) is 9. The van der Waals surface area contributed by atoms with Crippen molar-refractivity contribution in [1.82, 2.24) is 14.9 Å². The molecule has 1 aromatic heterocycles. The molecule has 0 aliphatic carbocycles. The van der Waals surface area contributed by atoms with Gasteiger partial charge in [-0.15, -0.1) is 0 Å². The number of nitrogen functional groups attached to an aromatic ring is 1. The van der Waals surface area contributed by atoms with E-state index < -0.39 is 14.9 Å². The summed E-state index contributed by atoms with van der Waals surface area (Å²) in [5.74, 6) is 5.34. The molecule has 21 heavy (non-hydrogen) atoms. The van der Waals surface area contributed by atoms with E-state index in [0.29, 0.717) is 0 Å². The summed E-state index contributed by atoms with van der Waals surface area (Å²) < 4.78 is 30.9. The van der Waals surface area contributed by atoms with E-state index in [-0.39, 0.29) is 28.6 Å². The number of aromatic nitrogens is 2. The zero-order valence-electron chi connectivity index (χ0n) is 10.4. The Morgan fingerprint density at radius 2 is 2.19 bits per heavy atom. The molecule has 0 fully saturated rings. The van der Waals surface area contributed by atoms with Crippen molar-refractivity contribution in [3.8, 4) is 0 Å². The molecule has 1 aromatic carbocycles. The monoisotopic (exact) mass is 314 g/mol. The lowest BCUT2D eigenvalue weighted by Gasteiger charge is -2.09. The highest BCUT2D eigenvalue weighted by atomic mass is 32.2. The number of sulfonamides is 1. The van der Waals surface area contributed by atoms with E-state index in [0.717, 1.165) is 24.6 Å². The van der Waals surface area contributed by atoms with Gasteiger partial charge in [-0.25, -0.2) is 13.1 Å². The molecule has 0 aliphatic heterocycles. The fourth-order valence-corrected chi connectivity index (χ4v) is 2.62. The van der Waals surface area contributed by atoms with Gasteiger partial charge in [0.05, 0.1) is 17.2 Å². The molecule has 0 unspecified atom stereocenters. The second kappa shape index (κ2) is 5.82. The molecular formula is C9H10N6O5S. The summed E-state index contributed by atoms with van der Waals surface area (Å²) in [7, 11) is -3.96. The van der Waals surface area contributed by atoms with E-state index in [1.807, 2.05) is 0 Å². The summed E-state index contributed by atoms with van der Waals surface area (Å²) in [6.45, 7) is -0.195. The number of hydrazine groups is 1. The molecule has 4 N–H and O–H groups in total. The summed E-state index contributed by atoms with van der Waals surface area (Å²) in [6.07, 6.45) is 1.06. The van der Waals surface area contributed by atoms with Gasteiger partial charge in [-0.2, -0.15) is 4.98 Å². The van der Waals surface area contributed by atoms with Crippen LogP contribution in [0.5, 0.6) is 0 Å². The maximum Gasteiger partial charge on any atom is 0.271 e.